The lowest BCUT2D eigenvalue weighted by molar-refractivity contribution is -0.147. The Morgan fingerprint density at radius 2 is 2.06 bits per heavy atom. The number of nitrogens with one attached hydrogen (secondary N) is 1. The van der Waals surface area contributed by atoms with Gasteiger partial charge in [-0.25, -0.2) is 0 Å². The average Bonchev–Trinajstić information content (AvgIpc) is 3.14. The van der Waals surface area contributed by atoms with E-state index in [0.717, 1.165) is 30.5 Å². The Kier molecular flexibility index (Phi) is 6.75. The predicted molar refractivity (Wildman–Crippen MR) is 108 cm³/mol. The molecule has 2 aromatic heterocycles. The largest absolute Gasteiger partial charge is 0.451 e. The SMILES string of the molecule is Cc1ccn(CC2CCCNC2)c(=O)c1C(=O)N1CCn2c(nnc2C(F)(F)F)C1.Cl. The van der Waals surface area contributed by atoms with Crippen molar-refractivity contribution in [3.05, 3.63) is 45.4 Å². The van der Waals surface area contributed by atoms with Crippen molar-refractivity contribution >= 4 is 18.3 Å². The summed E-state index contributed by atoms with van der Waals surface area (Å²) in [6, 6.07) is 1.74. The summed E-state index contributed by atoms with van der Waals surface area (Å²) in [6.07, 6.45) is -0.841. The van der Waals surface area contributed by atoms with E-state index in [1.54, 1.807) is 23.8 Å². The number of fused-ring (bicyclic) bond motifs is 1. The molecule has 1 saturated heterocycles. The van der Waals surface area contributed by atoms with Crippen LogP contribution in [0.25, 0.3) is 0 Å². The fraction of sp³-hybridized carbons (Fsp3) is 0.579. The molecule has 1 atom stereocenters. The van der Waals surface area contributed by atoms with E-state index in [0.29, 0.717) is 18.0 Å². The number of piperidine rings is 1. The molecule has 2 aromatic rings. The first-order valence-corrected chi connectivity index (χ1v) is 9.95. The third kappa shape index (κ3) is 4.62. The second-order valence-corrected chi connectivity index (χ2v) is 7.86. The van der Waals surface area contributed by atoms with E-state index in [1.807, 2.05) is 0 Å². The van der Waals surface area contributed by atoms with Gasteiger partial charge >= 0.3 is 6.18 Å². The summed E-state index contributed by atoms with van der Waals surface area (Å²) < 4.78 is 41.6. The number of carbonyl (C=O) groups is 1. The Morgan fingerprint density at radius 1 is 1.29 bits per heavy atom. The van der Waals surface area contributed by atoms with Gasteiger partial charge in [-0.1, -0.05) is 0 Å². The lowest BCUT2D eigenvalue weighted by Gasteiger charge is -2.28. The first kappa shape index (κ1) is 23.3. The first-order chi connectivity index (χ1) is 14.3. The minimum atomic E-state index is -4.60. The molecule has 0 aromatic carbocycles. The summed E-state index contributed by atoms with van der Waals surface area (Å²) in [7, 11) is 0. The summed E-state index contributed by atoms with van der Waals surface area (Å²) >= 11 is 0. The average molecular weight is 461 g/mol. The highest BCUT2D eigenvalue weighted by molar-refractivity contribution is 5.95. The zero-order valence-corrected chi connectivity index (χ0v) is 17.8. The van der Waals surface area contributed by atoms with E-state index < -0.39 is 17.9 Å². The van der Waals surface area contributed by atoms with Crippen LogP contribution in [0.5, 0.6) is 0 Å². The van der Waals surface area contributed by atoms with Crippen molar-refractivity contribution < 1.29 is 18.0 Å². The Balaban J connectivity index is 0.00000272. The van der Waals surface area contributed by atoms with Gasteiger partial charge in [0.05, 0.1) is 6.54 Å². The van der Waals surface area contributed by atoms with Gasteiger partial charge in [-0.15, -0.1) is 22.6 Å². The monoisotopic (exact) mass is 460 g/mol. The molecule has 1 fully saturated rings. The third-order valence-electron chi connectivity index (χ3n) is 5.74. The Labute approximate surface area is 182 Å². The number of carbonyl (C=O) groups excluding carboxylic acids is 1. The van der Waals surface area contributed by atoms with E-state index in [9.17, 15) is 22.8 Å². The molecule has 0 radical (unpaired) electrons. The van der Waals surface area contributed by atoms with Gasteiger partial charge in [0.1, 0.15) is 5.56 Å². The first-order valence-electron chi connectivity index (χ1n) is 9.95. The molecule has 170 valence electrons. The molecule has 2 aliphatic heterocycles. The fourth-order valence-corrected chi connectivity index (χ4v) is 4.13. The highest BCUT2D eigenvalue weighted by Gasteiger charge is 2.40. The van der Waals surface area contributed by atoms with Gasteiger partial charge in [0.15, 0.2) is 5.82 Å². The molecule has 4 heterocycles. The van der Waals surface area contributed by atoms with Crippen molar-refractivity contribution in [3.63, 3.8) is 0 Å². The number of alkyl halides is 3. The summed E-state index contributed by atoms with van der Waals surface area (Å²) in [6.45, 7) is 3.86. The Morgan fingerprint density at radius 3 is 2.74 bits per heavy atom. The molecular formula is C19H24ClF3N6O2. The van der Waals surface area contributed by atoms with Gasteiger partial charge in [0.2, 0.25) is 5.82 Å². The lowest BCUT2D eigenvalue weighted by atomic mass is 9.99. The van der Waals surface area contributed by atoms with E-state index in [4.69, 9.17) is 0 Å². The standard InChI is InChI=1S/C19H23F3N6O2.ClH/c1-12-4-6-26(10-13-3-2-5-23-9-13)16(29)15(12)17(30)27-7-8-28-14(11-27)24-25-18(28)19(20,21)22;/h4,6,13,23H,2-3,5,7-11H2,1H3;1H. The molecule has 0 saturated carbocycles. The van der Waals surface area contributed by atoms with E-state index in [2.05, 4.69) is 15.5 Å². The maximum absolute atomic E-state index is 13.1. The smallest absolute Gasteiger partial charge is 0.329 e. The molecule has 1 N–H and O–H groups in total. The van der Waals surface area contributed by atoms with Gasteiger partial charge in [0.25, 0.3) is 11.5 Å². The number of hydrogen-bond acceptors (Lipinski definition) is 5. The minimum absolute atomic E-state index is 0. The van der Waals surface area contributed by atoms with Crippen LogP contribution in [0.15, 0.2) is 17.1 Å². The highest BCUT2D eigenvalue weighted by atomic mass is 35.5. The molecular weight excluding hydrogens is 437 g/mol. The van der Waals surface area contributed by atoms with Gasteiger partial charge in [-0.2, -0.15) is 13.2 Å². The molecule has 1 amide bonds. The zero-order chi connectivity index (χ0) is 21.5. The van der Waals surface area contributed by atoms with Crippen LogP contribution >= 0.6 is 12.4 Å². The quantitative estimate of drug-likeness (QED) is 0.755. The molecule has 12 heteroatoms. The number of pyridine rings is 1. The number of amides is 1. The van der Waals surface area contributed by atoms with Crippen LogP contribution in [-0.4, -0.2) is 49.8 Å². The number of rotatable bonds is 3. The van der Waals surface area contributed by atoms with Crippen LogP contribution < -0.4 is 10.9 Å². The molecule has 0 aliphatic carbocycles. The second-order valence-electron chi connectivity index (χ2n) is 7.86. The highest BCUT2D eigenvalue weighted by Crippen LogP contribution is 2.29. The molecule has 2 aliphatic rings. The summed E-state index contributed by atoms with van der Waals surface area (Å²) in [5, 5.41) is 10.1. The maximum Gasteiger partial charge on any atom is 0.451 e. The van der Waals surface area contributed by atoms with Crippen LogP contribution in [0.3, 0.4) is 0 Å². The number of aromatic nitrogens is 4. The number of halogens is 4. The molecule has 4 rings (SSSR count). The summed E-state index contributed by atoms with van der Waals surface area (Å²) in [5.41, 5.74) is 0.241. The van der Waals surface area contributed by atoms with E-state index in [-0.39, 0.29) is 49.0 Å². The van der Waals surface area contributed by atoms with Gasteiger partial charge in [-0.3, -0.25) is 9.59 Å². The van der Waals surface area contributed by atoms with E-state index >= 15 is 0 Å². The van der Waals surface area contributed by atoms with Gasteiger partial charge in [0, 0.05) is 25.8 Å². The van der Waals surface area contributed by atoms with Crippen LogP contribution in [0.4, 0.5) is 13.2 Å². The maximum atomic E-state index is 13.1. The van der Waals surface area contributed by atoms with Crippen LogP contribution in [0, 0.1) is 12.8 Å². The number of aryl methyl sites for hydroxylation is 1. The lowest BCUT2D eigenvalue weighted by Crippen LogP contribution is -2.43. The van der Waals surface area contributed by atoms with Crippen LogP contribution in [0.2, 0.25) is 0 Å². The molecule has 0 spiro atoms. The number of hydrogen-bond donors (Lipinski definition) is 1. The topological polar surface area (TPSA) is 85.0 Å². The van der Waals surface area contributed by atoms with E-state index in [1.165, 1.54) is 4.90 Å². The van der Waals surface area contributed by atoms with Crippen molar-refractivity contribution in [2.45, 2.75) is 45.6 Å². The normalized spacial score (nSPS) is 19.0. The number of nitrogens with zero attached hydrogens (tertiary/aromatic N) is 5. The molecule has 8 nitrogen and oxygen atoms in total. The Bertz CT molecular complexity index is 1010. The zero-order valence-electron chi connectivity index (χ0n) is 17.0. The van der Waals surface area contributed by atoms with Gasteiger partial charge < -0.3 is 19.4 Å². The van der Waals surface area contributed by atoms with Crippen molar-refractivity contribution in [2.24, 2.45) is 5.92 Å². The summed E-state index contributed by atoms with van der Waals surface area (Å²) in [5.74, 6) is -1.18. The molecule has 1 unspecified atom stereocenters. The minimum Gasteiger partial charge on any atom is -0.329 e. The van der Waals surface area contributed by atoms with Crippen molar-refractivity contribution in [2.75, 3.05) is 19.6 Å². The molecule has 31 heavy (non-hydrogen) atoms. The van der Waals surface area contributed by atoms with Crippen molar-refractivity contribution in [3.8, 4) is 0 Å². The van der Waals surface area contributed by atoms with Crippen molar-refractivity contribution in [1.82, 2.24) is 29.5 Å². The predicted octanol–water partition coefficient (Wildman–Crippen LogP) is 1.84. The fourth-order valence-electron chi connectivity index (χ4n) is 4.13. The van der Waals surface area contributed by atoms with Crippen molar-refractivity contribution in [1.29, 1.82) is 0 Å². The van der Waals surface area contributed by atoms with Gasteiger partial charge in [-0.05, 0) is 50.4 Å². The van der Waals surface area contributed by atoms with Crippen LogP contribution in [0.1, 0.15) is 40.4 Å². The third-order valence-corrected chi connectivity index (χ3v) is 5.74. The molecule has 0 bridgehead atoms. The second kappa shape index (κ2) is 8.99. The van der Waals surface area contributed by atoms with Crippen LogP contribution in [-0.2, 0) is 25.8 Å². The Hall–Kier alpha value is -2.40. The summed E-state index contributed by atoms with van der Waals surface area (Å²) in [4.78, 5) is 27.5.